The molecule has 3 heteroatoms. The normalized spacial score (nSPS) is 43.7. The van der Waals surface area contributed by atoms with Crippen LogP contribution in [0.4, 0.5) is 4.39 Å². The molecule has 1 fully saturated rings. The minimum absolute atomic E-state index is 0.000000000000000444. The lowest BCUT2D eigenvalue weighted by atomic mass is 10.1. The van der Waals surface area contributed by atoms with E-state index in [0.717, 1.165) is 0 Å². The van der Waals surface area contributed by atoms with E-state index in [0.29, 0.717) is 12.8 Å². The molecule has 0 amide bonds. The highest BCUT2D eigenvalue weighted by Gasteiger charge is 2.30. The molecule has 1 aliphatic rings. The van der Waals surface area contributed by atoms with Crippen molar-refractivity contribution in [3.05, 3.63) is 0 Å². The van der Waals surface area contributed by atoms with Crippen LogP contribution in [0.1, 0.15) is 12.8 Å². The molecule has 3 unspecified atom stereocenters. The maximum Gasteiger partial charge on any atom is 0.102 e. The Morgan fingerprint density at radius 2 is 2.22 bits per heavy atom. The topological polar surface area (TPSA) is 46.2 Å². The van der Waals surface area contributed by atoms with Gasteiger partial charge in [0.25, 0.3) is 0 Å². The molecule has 0 spiro atoms. The third-order valence-electron chi connectivity index (χ3n) is 1.93. The van der Waals surface area contributed by atoms with Crippen molar-refractivity contribution in [1.29, 1.82) is 0 Å². The quantitative estimate of drug-likeness (QED) is 0.531. The third kappa shape index (κ3) is 1.40. The summed E-state index contributed by atoms with van der Waals surface area (Å²) in [7, 11) is 0. The van der Waals surface area contributed by atoms with Gasteiger partial charge in [-0.15, -0.1) is 0 Å². The molecule has 3 atom stereocenters. The Hall–Kier alpha value is -0.150. The first-order chi connectivity index (χ1) is 4.24. The van der Waals surface area contributed by atoms with Crippen molar-refractivity contribution < 1.29 is 9.50 Å². The monoisotopic (exact) mass is 133 g/mol. The van der Waals surface area contributed by atoms with Gasteiger partial charge in [0.15, 0.2) is 0 Å². The maximum atomic E-state index is 12.4. The standard InChI is InChI=1S/C6H12FNO/c7-5-1-4(3-9)6(8)2-5/h4-6,9H,1-3,8H2. The second kappa shape index (κ2) is 2.62. The first kappa shape index (κ1) is 6.96. The molecule has 0 heterocycles. The van der Waals surface area contributed by atoms with E-state index in [2.05, 4.69) is 0 Å². The van der Waals surface area contributed by atoms with Crippen molar-refractivity contribution in [3.8, 4) is 0 Å². The van der Waals surface area contributed by atoms with E-state index in [9.17, 15) is 4.39 Å². The molecule has 0 aliphatic heterocycles. The molecule has 0 bridgehead atoms. The number of rotatable bonds is 1. The fourth-order valence-electron chi connectivity index (χ4n) is 1.30. The molecule has 0 radical (unpaired) electrons. The minimum Gasteiger partial charge on any atom is -0.396 e. The number of aliphatic hydroxyl groups is 1. The number of alkyl halides is 1. The largest absolute Gasteiger partial charge is 0.396 e. The van der Waals surface area contributed by atoms with Gasteiger partial charge in [0.05, 0.1) is 0 Å². The van der Waals surface area contributed by atoms with Crippen LogP contribution >= 0.6 is 0 Å². The summed E-state index contributed by atoms with van der Waals surface area (Å²) < 4.78 is 12.4. The Morgan fingerprint density at radius 3 is 2.44 bits per heavy atom. The van der Waals surface area contributed by atoms with Gasteiger partial charge in [-0.2, -0.15) is 0 Å². The highest BCUT2D eigenvalue weighted by atomic mass is 19.1. The molecule has 0 saturated heterocycles. The van der Waals surface area contributed by atoms with Crippen molar-refractivity contribution in [2.24, 2.45) is 11.7 Å². The lowest BCUT2D eigenvalue weighted by Gasteiger charge is -2.09. The van der Waals surface area contributed by atoms with Gasteiger partial charge in [0.2, 0.25) is 0 Å². The average molecular weight is 133 g/mol. The van der Waals surface area contributed by atoms with E-state index in [-0.39, 0.29) is 18.6 Å². The van der Waals surface area contributed by atoms with Crippen LogP contribution in [0.2, 0.25) is 0 Å². The average Bonchev–Trinajstić information content (AvgIpc) is 2.10. The second-order valence-corrected chi connectivity index (χ2v) is 2.68. The van der Waals surface area contributed by atoms with Gasteiger partial charge < -0.3 is 10.8 Å². The number of hydrogen-bond donors (Lipinski definition) is 2. The van der Waals surface area contributed by atoms with Crippen LogP contribution in [0, 0.1) is 5.92 Å². The molecule has 0 aromatic heterocycles. The van der Waals surface area contributed by atoms with Crippen LogP contribution in [0.15, 0.2) is 0 Å². The lowest BCUT2D eigenvalue weighted by molar-refractivity contribution is 0.211. The zero-order valence-corrected chi connectivity index (χ0v) is 5.26. The van der Waals surface area contributed by atoms with Crippen molar-refractivity contribution in [2.45, 2.75) is 25.1 Å². The number of aliphatic hydroxyl groups excluding tert-OH is 1. The smallest absolute Gasteiger partial charge is 0.102 e. The Balaban J connectivity index is 2.38. The summed E-state index contributed by atoms with van der Waals surface area (Å²) in [5.41, 5.74) is 5.48. The first-order valence-corrected chi connectivity index (χ1v) is 3.24. The molecule has 1 rings (SSSR count). The summed E-state index contributed by atoms with van der Waals surface area (Å²) in [5, 5.41) is 8.61. The van der Waals surface area contributed by atoms with Crippen LogP contribution in [-0.4, -0.2) is 23.9 Å². The van der Waals surface area contributed by atoms with Crippen molar-refractivity contribution in [3.63, 3.8) is 0 Å². The summed E-state index contributed by atoms with van der Waals surface area (Å²) in [4.78, 5) is 0. The van der Waals surface area contributed by atoms with Crippen LogP contribution in [0.3, 0.4) is 0 Å². The van der Waals surface area contributed by atoms with Crippen LogP contribution < -0.4 is 5.73 Å². The Bertz CT molecular complexity index is 99.1. The summed E-state index contributed by atoms with van der Waals surface area (Å²) >= 11 is 0. The number of nitrogens with two attached hydrogens (primary N) is 1. The predicted molar refractivity (Wildman–Crippen MR) is 32.7 cm³/mol. The molecular formula is C6H12FNO. The Morgan fingerprint density at radius 1 is 1.56 bits per heavy atom. The highest BCUT2D eigenvalue weighted by Crippen LogP contribution is 2.26. The summed E-state index contributed by atoms with van der Waals surface area (Å²) in [5.74, 6) is -0.000000000000000444. The fraction of sp³-hybridized carbons (Fsp3) is 1.00. The number of halogens is 1. The van der Waals surface area contributed by atoms with Gasteiger partial charge in [-0.3, -0.25) is 0 Å². The van der Waals surface area contributed by atoms with Crippen LogP contribution in [0.25, 0.3) is 0 Å². The first-order valence-electron chi connectivity index (χ1n) is 3.24. The molecular weight excluding hydrogens is 121 g/mol. The second-order valence-electron chi connectivity index (χ2n) is 2.68. The van der Waals surface area contributed by atoms with E-state index in [4.69, 9.17) is 10.8 Å². The number of hydrogen-bond acceptors (Lipinski definition) is 2. The van der Waals surface area contributed by atoms with Crippen LogP contribution in [-0.2, 0) is 0 Å². The molecule has 2 nitrogen and oxygen atoms in total. The molecule has 0 aromatic rings. The highest BCUT2D eigenvalue weighted by molar-refractivity contribution is 4.85. The van der Waals surface area contributed by atoms with Gasteiger partial charge in [-0.05, 0) is 18.8 Å². The van der Waals surface area contributed by atoms with Gasteiger partial charge >= 0.3 is 0 Å². The maximum absolute atomic E-state index is 12.4. The van der Waals surface area contributed by atoms with Crippen LogP contribution in [0.5, 0.6) is 0 Å². The molecule has 1 aliphatic carbocycles. The van der Waals surface area contributed by atoms with Crippen molar-refractivity contribution in [2.75, 3.05) is 6.61 Å². The lowest BCUT2D eigenvalue weighted by Crippen LogP contribution is -2.26. The van der Waals surface area contributed by atoms with Crippen molar-refractivity contribution in [1.82, 2.24) is 0 Å². The predicted octanol–water partition coefficient (Wildman–Crippen LogP) is 0.0541. The van der Waals surface area contributed by atoms with Gasteiger partial charge in [-0.1, -0.05) is 0 Å². The zero-order chi connectivity index (χ0) is 6.85. The van der Waals surface area contributed by atoms with E-state index < -0.39 is 6.17 Å². The van der Waals surface area contributed by atoms with Crippen molar-refractivity contribution >= 4 is 0 Å². The minimum atomic E-state index is -0.780. The summed E-state index contributed by atoms with van der Waals surface area (Å²) in [6.45, 7) is 0.0294. The van der Waals surface area contributed by atoms with Gasteiger partial charge in [0, 0.05) is 12.6 Å². The SMILES string of the molecule is NC1CC(F)CC1CO. The third-order valence-corrected chi connectivity index (χ3v) is 1.93. The van der Waals surface area contributed by atoms with E-state index in [1.807, 2.05) is 0 Å². The zero-order valence-electron chi connectivity index (χ0n) is 5.26. The molecule has 0 aromatic carbocycles. The molecule has 1 saturated carbocycles. The van der Waals surface area contributed by atoms with E-state index in [1.54, 1.807) is 0 Å². The summed E-state index contributed by atoms with van der Waals surface area (Å²) in [6, 6.07) is -0.120. The van der Waals surface area contributed by atoms with E-state index >= 15 is 0 Å². The molecule has 9 heavy (non-hydrogen) atoms. The fourth-order valence-corrected chi connectivity index (χ4v) is 1.30. The molecule has 3 N–H and O–H groups in total. The Kier molecular flexibility index (Phi) is 2.03. The molecule has 54 valence electrons. The Labute approximate surface area is 53.9 Å². The summed E-state index contributed by atoms with van der Waals surface area (Å²) in [6.07, 6.45) is 0.0836. The van der Waals surface area contributed by atoms with Gasteiger partial charge in [0.1, 0.15) is 6.17 Å². The van der Waals surface area contributed by atoms with Gasteiger partial charge in [-0.25, -0.2) is 4.39 Å². The van der Waals surface area contributed by atoms with E-state index in [1.165, 1.54) is 0 Å².